The molecule has 1 aliphatic rings. The summed E-state index contributed by atoms with van der Waals surface area (Å²) in [6, 6.07) is 10.9. The molecular weight excluding hydrogens is 266 g/mol. The third-order valence-corrected chi connectivity index (χ3v) is 3.78. The zero-order valence-electron chi connectivity index (χ0n) is 11.2. The van der Waals surface area contributed by atoms with Gasteiger partial charge in [0.15, 0.2) is 5.65 Å². The fourth-order valence-corrected chi connectivity index (χ4v) is 2.61. The zero-order valence-corrected chi connectivity index (χ0v) is 11.2. The normalized spacial score (nSPS) is 20.4. The quantitative estimate of drug-likeness (QED) is 0.428. The number of hydrogen-bond acceptors (Lipinski definition) is 6. The molecule has 1 aromatic carbocycles. The highest BCUT2D eigenvalue weighted by Crippen LogP contribution is 2.43. The number of anilines is 2. The second-order valence-electron chi connectivity index (χ2n) is 5.18. The van der Waals surface area contributed by atoms with Crippen molar-refractivity contribution in [1.29, 1.82) is 0 Å². The molecule has 0 amide bonds. The molecule has 3 aromatic rings. The van der Waals surface area contributed by atoms with E-state index < -0.39 is 0 Å². The van der Waals surface area contributed by atoms with Gasteiger partial charge in [0.1, 0.15) is 5.82 Å². The fraction of sp³-hybridized carbons (Fsp3) is 0.214. The minimum absolute atomic E-state index is 0.367. The van der Waals surface area contributed by atoms with Crippen molar-refractivity contribution < 1.29 is 0 Å². The van der Waals surface area contributed by atoms with Gasteiger partial charge in [-0.25, -0.2) is 5.84 Å². The van der Waals surface area contributed by atoms with Gasteiger partial charge in [0, 0.05) is 12.0 Å². The third-order valence-electron chi connectivity index (χ3n) is 3.78. The van der Waals surface area contributed by atoms with E-state index in [1.54, 1.807) is 6.20 Å². The van der Waals surface area contributed by atoms with E-state index in [9.17, 15) is 0 Å². The van der Waals surface area contributed by atoms with Crippen molar-refractivity contribution in [2.75, 3.05) is 10.7 Å². The molecule has 106 valence electrons. The Kier molecular flexibility index (Phi) is 2.71. The van der Waals surface area contributed by atoms with Crippen LogP contribution in [-0.2, 0) is 0 Å². The predicted molar refractivity (Wildman–Crippen MR) is 80.7 cm³/mol. The van der Waals surface area contributed by atoms with E-state index >= 15 is 0 Å². The lowest BCUT2D eigenvalue weighted by molar-refractivity contribution is 1.02. The molecule has 0 bridgehead atoms. The first kappa shape index (κ1) is 12.1. The molecule has 7 nitrogen and oxygen atoms in total. The van der Waals surface area contributed by atoms with Crippen molar-refractivity contribution in [2.45, 2.75) is 18.4 Å². The van der Waals surface area contributed by atoms with E-state index in [0.717, 1.165) is 17.6 Å². The molecule has 2 aromatic heterocycles. The van der Waals surface area contributed by atoms with Crippen LogP contribution in [0.2, 0.25) is 0 Å². The number of rotatable bonds is 4. The molecule has 7 heteroatoms. The molecule has 0 spiro atoms. The van der Waals surface area contributed by atoms with Gasteiger partial charge in [-0.1, -0.05) is 30.3 Å². The van der Waals surface area contributed by atoms with Gasteiger partial charge in [-0.05, 0) is 12.0 Å². The van der Waals surface area contributed by atoms with E-state index in [2.05, 4.69) is 55.2 Å². The molecule has 1 saturated carbocycles. The maximum Gasteiger partial charge on any atom is 0.241 e. The second-order valence-corrected chi connectivity index (χ2v) is 5.18. The summed E-state index contributed by atoms with van der Waals surface area (Å²) in [5, 5.41) is 11.2. The van der Waals surface area contributed by atoms with Crippen molar-refractivity contribution in [2.24, 2.45) is 5.84 Å². The number of nitrogens with one attached hydrogen (secondary N) is 3. The lowest BCUT2D eigenvalue weighted by atomic mass is 10.1. The maximum atomic E-state index is 5.41. The number of H-pyrrole nitrogens is 1. The third kappa shape index (κ3) is 2.17. The molecule has 2 atom stereocenters. The number of aromatic amines is 1. The first-order chi connectivity index (χ1) is 10.3. The Morgan fingerprint density at radius 3 is 2.86 bits per heavy atom. The number of hydrazine groups is 1. The highest BCUT2D eigenvalue weighted by atomic mass is 15.3. The smallest absolute Gasteiger partial charge is 0.241 e. The van der Waals surface area contributed by atoms with Crippen LogP contribution in [0.25, 0.3) is 11.0 Å². The summed E-state index contributed by atoms with van der Waals surface area (Å²) in [5.41, 5.74) is 4.49. The molecule has 4 rings (SSSR count). The summed E-state index contributed by atoms with van der Waals surface area (Å²) in [7, 11) is 0. The fourth-order valence-electron chi connectivity index (χ4n) is 2.61. The van der Waals surface area contributed by atoms with Crippen molar-refractivity contribution in [1.82, 2.24) is 20.2 Å². The van der Waals surface area contributed by atoms with Gasteiger partial charge in [0.05, 0.1) is 11.6 Å². The van der Waals surface area contributed by atoms with E-state index in [1.165, 1.54) is 5.56 Å². The molecule has 0 radical (unpaired) electrons. The molecule has 0 saturated heterocycles. The topological polar surface area (TPSA) is 105 Å². The first-order valence-corrected chi connectivity index (χ1v) is 6.84. The molecule has 2 unspecified atom stereocenters. The lowest BCUT2D eigenvalue weighted by Crippen LogP contribution is -2.13. The van der Waals surface area contributed by atoms with Crippen LogP contribution < -0.4 is 16.6 Å². The number of hydrogen-bond donors (Lipinski definition) is 4. The van der Waals surface area contributed by atoms with Gasteiger partial charge in [-0.15, -0.1) is 0 Å². The number of nitrogens with zero attached hydrogens (tertiary/aromatic N) is 3. The van der Waals surface area contributed by atoms with Gasteiger partial charge < -0.3 is 5.32 Å². The summed E-state index contributed by atoms with van der Waals surface area (Å²) in [6.07, 6.45) is 2.82. The highest BCUT2D eigenvalue weighted by Gasteiger charge is 2.38. The average molecular weight is 281 g/mol. The summed E-state index contributed by atoms with van der Waals surface area (Å²) >= 11 is 0. The largest absolute Gasteiger partial charge is 0.366 e. The predicted octanol–water partition coefficient (Wildman–Crippen LogP) is 1.61. The van der Waals surface area contributed by atoms with E-state index in [4.69, 9.17) is 5.84 Å². The van der Waals surface area contributed by atoms with Crippen LogP contribution >= 0.6 is 0 Å². The Bertz CT molecular complexity index is 767. The van der Waals surface area contributed by atoms with Gasteiger partial charge >= 0.3 is 0 Å². The van der Waals surface area contributed by atoms with Crippen molar-refractivity contribution in [3.8, 4) is 0 Å². The number of fused-ring (bicyclic) bond motifs is 1. The number of benzene rings is 1. The molecule has 2 heterocycles. The Morgan fingerprint density at radius 2 is 2.05 bits per heavy atom. The summed E-state index contributed by atoms with van der Waals surface area (Å²) < 4.78 is 0. The Labute approximate surface area is 121 Å². The van der Waals surface area contributed by atoms with Crippen LogP contribution in [0.3, 0.4) is 0 Å². The Hall–Kier alpha value is -2.67. The van der Waals surface area contributed by atoms with Crippen molar-refractivity contribution in [3.63, 3.8) is 0 Å². The minimum Gasteiger partial charge on any atom is -0.366 e. The number of nitrogen functional groups attached to an aromatic ring is 1. The van der Waals surface area contributed by atoms with Crippen LogP contribution in [0.1, 0.15) is 17.9 Å². The second kappa shape index (κ2) is 4.71. The van der Waals surface area contributed by atoms with Gasteiger partial charge in [0.25, 0.3) is 0 Å². The van der Waals surface area contributed by atoms with Crippen LogP contribution in [0.4, 0.5) is 11.8 Å². The first-order valence-electron chi connectivity index (χ1n) is 6.84. The zero-order chi connectivity index (χ0) is 14.2. The van der Waals surface area contributed by atoms with E-state index in [0.29, 0.717) is 23.6 Å². The van der Waals surface area contributed by atoms with Crippen molar-refractivity contribution >= 4 is 22.8 Å². The SMILES string of the molecule is NNc1nc(NC2CC2c2ccccc2)c2cn[nH]c2n1. The number of aromatic nitrogens is 4. The number of nitrogens with two attached hydrogens (primary N) is 1. The Morgan fingerprint density at radius 1 is 1.19 bits per heavy atom. The highest BCUT2D eigenvalue weighted by molar-refractivity contribution is 5.87. The van der Waals surface area contributed by atoms with Gasteiger partial charge in [0.2, 0.25) is 5.95 Å². The Balaban J connectivity index is 1.60. The average Bonchev–Trinajstić information content (AvgIpc) is 3.12. The van der Waals surface area contributed by atoms with Crippen molar-refractivity contribution in [3.05, 3.63) is 42.1 Å². The maximum absolute atomic E-state index is 5.41. The van der Waals surface area contributed by atoms with Crippen LogP contribution in [0.5, 0.6) is 0 Å². The van der Waals surface area contributed by atoms with E-state index in [-0.39, 0.29) is 0 Å². The van der Waals surface area contributed by atoms with Gasteiger partial charge in [-0.3, -0.25) is 10.5 Å². The van der Waals surface area contributed by atoms with Crippen LogP contribution in [0, 0.1) is 0 Å². The monoisotopic (exact) mass is 281 g/mol. The minimum atomic E-state index is 0.367. The standard InChI is InChI=1S/C14H15N7/c15-20-14-18-12(10-7-16-21-13(10)19-14)17-11-6-9(11)8-4-2-1-3-5-8/h1-5,7,9,11H,6,15H2,(H3,16,17,18,19,20,21). The lowest BCUT2D eigenvalue weighted by Gasteiger charge is -2.08. The molecule has 5 N–H and O–H groups in total. The molecule has 0 aliphatic heterocycles. The van der Waals surface area contributed by atoms with Crippen LogP contribution in [-0.4, -0.2) is 26.2 Å². The molecule has 21 heavy (non-hydrogen) atoms. The molecule has 1 aliphatic carbocycles. The molecule has 1 fully saturated rings. The molecular formula is C14H15N7. The van der Waals surface area contributed by atoms with Crippen LogP contribution in [0.15, 0.2) is 36.5 Å². The van der Waals surface area contributed by atoms with E-state index in [1.807, 2.05) is 6.07 Å². The summed E-state index contributed by atoms with van der Waals surface area (Å²) in [4.78, 5) is 8.60. The summed E-state index contributed by atoms with van der Waals surface area (Å²) in [6.45, 7) is 0. The van der Waals surface area contributed by atoms with Gasteiger partial charge in [-0.2, -0.15) is 15.1 Å². The summed E-state index contributed by atoms with van der Waals surface area (Å²) in [5.74, 6) is 7.05.